The predicted molar refractivity (Wildman–Crippen MR) is 124 cm³/mol. The van der Waals surface area contributed by atoms with E-state index in [1.54, 1.807) is 12.0 Å². The Kier molecular flexibility index (Phi) is 6.07. The molecule has 2 heterocycles. The number of hydrogen-bond donors (Lipinski definition) is 0. The van der Waals surface area contributed by atoms with E-state index in [2.05, 4.69) is 0 Å². The lowest BCUT2D eigenvalue weighted by Crippen LogP contribution is -2.31. The zero-order valence-corrected chi connectivity index (χ0v) is 19.2. The second-order valence-corrected chi connectivity index (χ2v) is 8.58. The van der Waals surface area contributed by atoms with Gasteiger partial charge in [0.15, 0.2) is 5.43 Å². The molecular formula is C26H29NO5. The zero-order valence-electron chi connectivity index (χ0n) is 19.2. The van der Waals surface area contributed by atoms with Crippen LogP contribution in [0.5, 0.6) is 5.75 Å². The maximum atomic E-state index is 13.7. The van der Waals surface area contributed by atoms with E-state index >= 15 is 0 Å². The second kappa shape index (κ2) is 8.79. The van der Waals surface area contributed by atoms with Crippen LogP contribution in [0.25, 0.3) is 11.0 Å². The Balaban J connectivity index is 1.86. The van der Waals surface area contributed by atoms with Crippen LogP contribution in [0.1, 0.15) is 59.1 Å². The van der Waals surface area contributed by atoms with Gasteiger partial charge in [0.2, 0.25) is 5.76 Å². The van der Waals surface area contributed by atoms with Crippen LogP contribution >= 0.6 is 0 Å². The highest BCUT2D eigenvalue weighted by Crippen LogP contribution is 2.39. The first-order valence-electron chi connectivity index (χ1n) is 11.0. The van der Waals surface area contributed by atoms with Crippen LogP contribution in [-0.2, 0) is 4.74 Å². The molecule has 32 heavy (non-hydrogen) atoms. The van der Waals surface area contributed by atoms with Crippen molar-refractivity contribution in [1.29, 1.82) is 0 Å². The highest BCUT2D eigenvalue weighted by Gasteiger charge is 2.42. The maximum Gasteiger partial charge on any atom is 0.290 e. The molecule has 1 aliphatic heterocycles. The van der Waals surface area contributed by atoms with Gasteiger partial charge in [-0.25, -0.2) is 0 Å². The standard InChI is InChI=1S/C26H29NO5/c1-15(2)31-11-7-10-27-23(18-8-6-9-19(14-18)30-5)22-24(28)21-17(4)12-16(3)13-20(21)32-25(22)26(27)29/h6,8-9,12-15,23H,7,10-11H2,1-5H3/t23-/m0/s1. The number of benzene rings is 2. The van der Waals surface area contributed by atoms with Crippen LogP contribution < -0.4 is 10.2 Å². The van der Waals surface area contributed by atoms with Crippen molar-refractivity contribution in [1.82, 2.24) is 4.90 Å². The van der Waals surface area contributed by atoms with Gasteiger partial charge < -0.3 is 18.8 Å². The van der Waals surface area contributed by atoms with Crippen LogP contribution in [0.4, 0.5) is 0 Å². The van der Waals surface area contributed by atoms with Gasteiger partial charge in [0.05, 0.1) is 30.2 Å². The maximum absolute atomic E-state index is 13.7. The molecule has 3 aromatic rings. The van der Waals surface area contributed by atoms with E-state index in [-0.39, 0.29) is 23.2 Å². The number of ether oxygens (including phenoxy) is 2. The summed E-state index contributed by atoms with van der Waals surface area (Å²) in [4.78, 5) is 28.9. The minimum Gasteiger partial charge on any atom is -0.497 e. The fourth-order valence-electron chi connectivity index (χ4n) is 4.46. The van der Waals surface area contributed by atoms with E-state index in [0.29, 0.717) is 41.9 Å². The molecule has 2 aromatic carbocycles. The Morgan fingerprint density at radius 1 is 1.12 bits per heavy atom. The van der Waals surface area contributed by atoms with Crippen LogP contribution in [-0.4, -0.2) is 37.2 Å². The van der Waals surface area contributed by atoms with Gasteiger partial charge in [-0.15, -0.1) is 0 Å². The summed E-state index contributed by atoms with van der Waals surface area (Å²) in [6.45, 7) is 8.79. The third-order valence-electron chi connectivity index (χ3n) is 5.82. The van der Waals surface area contributed by atoms with Gasteiger partial charge in [-0.3, -0.25) is 9.59 Å². The molecular weight excluding hydrogens is 406 g/mol. The smallest absolute Gasteiger partial charge is 0.290 e. The van der Waals surface area contributed by atoms with Crippen LogP contribution in [0.15, 0.2) is 45.6 Å². The minimum absolute atomic E-state index is 0.121. The summed E-state index contributed by atoms with van der Waals surface area (Å²) < 4.78 is 17.1. The Morgan fingerprint density at radius 3 is 2.62 bits per heavy atom. The van der Waals surface area contributed by atoms with E-state index in [0.717, 1.165) is 16.7 Å². The quantitative estimate of drug-likeness (QED) is 0.500. The molecule has 4 rings (SSSR count). The van der Waals surface area contributed by atoms with Crippen molar-refractivity contribution in [2.75, 3.05) is 20.3 Å². The van der Waals surface area contributed by atoms with Crippen molar-refractivity contribution in [3.8, 4) is 5.75 Å². The molecule has 1 amide bonds. The molecule has 0 aliphatic carbocycles. The molecule has 0 unspecified atom stereocenters. The first-order valence-corrected chi connectivity index (χ1v) is 11.0. The number of fused-ring (bicyclic) bond motifs is 2. The minimum atomic E-state index is -0.534. The van der Waals surface area contributed by atoms with E-state index in [1.165, 1.54) is 0 Å². The van der Waals surface area contributed by atoms with Gasteiger partial charge in [-0.1, -0.05) is 18.2 Å². The molecule has 1 aromatic heterocycles. The van der Waals surface area contributed by atoms with Crippen molar-refractivity contribution in [3.05, 3.63) is 74.6 Å². The van der Waals surface area contributed by atoms with E-state index < -0.39 is 6.04 Å². The molecule has 1 atom stereocenters. The summed E-state index contributed by atoms with van der Waals surface area (Å²) in [5.74, 6) is 0.532. The third kappa shape index (κ3) is 3.91. The summed E-state index contributed by atoms with van der Waals surface area (Å²) in [7, 11) is 1.60. The van der Waals surface area contributed by atoms with Crippen LogP contribution in [0.3, 0.4) is 0 Å². The average molecular weight is 436 g/mol. The molecule has 0 saturated carbocycles. The van der Waals surface area contributed by atoms with E-state index in [4.69, 9.17) is 13.9 Å². The molecule has 1 aliphatic rings. The normalized spacial score (nSPS) is 15.6. The third-order valence-corrected chi connectivity index (χ3v) is 5.82. The zero-order chi connectivity index (χ0) is 23.0. The van der Waals surface area contributed by atoms with Crippen molar-refractivity contribution in [3.63, 3.8) is 0 Å². The number of amides is 1. The highest BCUT2D eigenvalue weighted by molar-refractivity contribution is 5.99. The van der Waals surface area contributed by atoms with Gasteiger partial charge in [0.25, 0.3) is 5.91 Å². The fraction of sp³-hybridized carbons (Fsp3) is 0.385. The summed E-state index contributed by atoms with van der Waals surface area (Å²) >= 11 is 0. The first-order chi connectivity index (χ1) is 15.3. The van der Waals surface area contributed by atoms with Crippen molar-refractivity contribution >= 4 is 16.9 Å². The molecule has 0 N–H and O–H groups in total. The van der Waals surface area contributed by atoms with Crippen molar-refractivity contribution in [2.45, 2.75) is 46.3 Å². The van der Waals surface area contributed by atoms with Crippen LogP contribution in [0, 0.1) is 13.8 Å². The molecule has 6 heteroatoms. The SMILES string of the molecule is COc1cccc([C@H]2c3c(oc4cc(C)cc(C)c4c3=O)C(=O)N2CCCOC(C)C)c1. The number of methoxy groups -OCH3 is 1. The molecule has 0 spiro atoms. The Morgan fingerprint density at radius 2 is 1.91 bits per heavy atom. The molecule has 0 saturated heterocycles. The summed E-state index contributed by atoms with van der Waals surface area (Å²) in [6, 6.07) is 10.7. The molecule has 168 valence electrons. The van der Waals surface area contributed by atoms with Gasteiger partial charge in [0.1, 0.15) is 11.3 Å². The van der Waals surface area contributed by atoms with E-state index in [9.17, 15) is 9.59 Å². The van der Waals surface area contributed by atoms with E-state index in [1.807, 2.05) is 64.1 Å². The summed E-state index contributed by atoms with van der Waals surface area (Å²) in [6.07, 6.45) is 0.778. The van der Waals surface area contributed by atoms with Crippen LogP contribution in [0.2, 0.25) is 0 Å². The Hall–Kier alpha value is -3.12. The highest BCUT2D eigenvalue weighted by atomic mass is 16.5. The first kappa shape index (κ1) is 22.1. The number of carbonyl (C=O) groups excluding carboxylic acids is 1. The van der Waals surface area contributed by atoms with Gasteiger partial charge in [-0.05, 0) is 69.0 Å². The lowest BCUT2D eigenvalue weighted by atomic mass is 9.96. The number of nitrogens with zero attached hydrogens (tertiary/aromatic N) is 1. The monoisotopic (exact) mass is 435 g/mol. The molecule has 0 bridgehead atoms. The lowest BCUT2D eigenvalue weighted by Gasteiger charge is -2.25. The predicted octanol–water partition coefficient (Wildman–Crippen LogP) is 4.78. The van der Waals surface area contributed by atoms with Gasteiger partial charge in [0, 0.05) is 13.2 Å². The lowest BCUT2D eigenvalue weighted by molar-refractivity contribution is 0.0593. The molecule has 0 fully saturated rings. The summed E-state index contributed by atoms with van der Waals surface area (Å²) in [5, 5.41) is 0.528. The number of hydrogen-bond acceptors (Lipinski definition) is 5. The number of carbonyl (C=O) groups is 1. The number of rotatable bonds is 7. The summed E-state index contributed by atoms with van der Waals surface area (Å²) in [5.41, 5.74) is 3.34. The van der Waals surface area contributed by atoms with Gasteiger partial charge >= 0.3 is 0 Å². The number of aryl methyl sites for hydroxylation is 2. The second-order valence-electron chi connectivity index (χ2n) is 8.58. The largest absolute Gasteiger partial charge is 0.497 e. The molecule has 0 radical (unpaired) electrons. The topological polar surface area (TPSA) is 69.0 Å². The van der Waals surface area contributed by atoms with Crippen molar-refractivity contribution < 1.29 is 18.7 Å². The Bertz CT molecular complexity index is 1230. The molecule has 6 nitrogen and oxygen atoms in total. The van der Waals surface area contributed by atoms with Crippen molar-refractivity contribution in [2.24, 2.45) is 0 Å². The average Bonchev–Trinajstić information content (AvgIpc) is 3.02. The Labute approximate surface area is 187 Å². The van der Waals surface area contributed by atoms with Gasteiger partial charge in [-0.2, -0.15) is 0 Å². The fourth-order valence-corrected chi connectivity index (χ4v) is 4.46.